The number of hydrogen-bond donors (Lipinski definition) is 1. The van der Waals surface area contributed by atoms with Crippen LogP contribution in [-0.2, 0) is 22.9 Å². The summed E-state index contributed by atoms with van der Waals surface area (Å²) in [5.74, 6) is 0. The van der Waals surface area contributed by atoms with Crippen LogP contribution < -0.4 is 0 Å². The molecular weight excluding hydrogens is 286 g/mol. The van der Waals surface area contributed by atoms with Gasteiger partial charge < -0.3 is 5.11 Å². The molecule has 0 saturated carbocycles. The van der Waals surface area contributed by atoms with Gasteiger partial charge in [0, 0.05) is 19.2 Å². The highest BCUT2D eigenvalue weighted by atomic mass is 32.2. The van der Waals surface area contributed by atoms with E-state index in [0.29, 0.717) is 17.9 Å². The Morgan fingerprint density at radius 1 is 1.14 bits per heavy atom. The van der Waals surface area contributed by atoms with Crippen molar-refractivity contribution in [2.75, 3.05) is 13.2 Å². The molecule has 0 radical (unpaired) electrons. The molecule has 1 heterocycles. The summed E-state index contributed by atoms with van der Waals surface area (Å²) in [6, 6.07) is 5.54. The molecule has 3 rings (SSSR count). The van der Waals surface area contributed by atoms with Crippen LogP contribution in [0.1, 0.15) is 43.2 Å². The second-order valence-electron chi connectivity index (χ2n) is 6.06. The fourth-order valence-electron chi connectivity index (χ4n) is 3.57. The highest BCUT2D eigenvalue weighted by Crippen LogP contribution is 2.30. The maximum Gasteiger partial charge on any atom is 0.243 e. The Morgan fingerprint density at radius 2 is 1.95 bits per heavy atom. The van der Waals surface area contributed by atoms with E-state index in [4.69, 9.17) is 0 Å². The average molecular weight is 309 g/mol. The van der Waals surface area contributed by atoms with Gasteiger partial charge >= 0.3 is 0 Å². The Labute approximate surface area is 126 Å². The van der Waals surface area contributed by atoms with Gasteiger partial charge in [-0.2, -0.15) is 4.31 Å². The van der Waals surface area contributed by atoms with Crippen LogP contribution in [-0.4, -0.2) is 37.0 Å². The topological polar surface area (TPSA) is 57.6 Å². The highest BCUT2D eigenvalue weighted by Gasteiger charge is 2.33. The summed E-state index contributed by atoms with van der Waals surface area (Å²) < 4.78 is 27.4. The SMILES string of the molecule is O=S(=O)(c1ccc2c(c1)CCC2)N1CCCCC1CCO. The molecule has 21 heavy (non-hydrogen) atoms. The van der Waals surface area contributed by atoms with Crippen molar-refractivity contribution in [1.29, 1.82) is 0 Å². The molecule has 0 amide bonds. The first-order chi connectivity index (χ1) is 10.1. The van der Waals surface area contributed by atoms with Crippen LogP contribution in [0.25, 0.3) is 0 Å². The summed E-state index contributed by atoms with van der Waals surface area (Å²) in [5.41, 5.74) is 2.48. The molecule has 1 N–H and O–H groups in total. The molecule has 1 unspecified atom stereocenters. The van der Waals surface area contributed by atoms with Crippen molar-refractivity contribution in [3.63, 3.8) is 0 Å². The van der Waals surface area contributed by atoms with Crippen LogP contribution in [0.15, 0.2) is 23.1 Å². The summed E-state index contributed by atoms with van der Waals surface area (Å²) in [6.07, 6.45) is 6.50. The zero-order valence-electron chi connectivity index (χ0n) is 12.3. The van der Waals surface area contributed by atoms with Crippen molar-refractivity contribution in [3.05, 3.63) is 29.3 Å². The average Bonchev–Trinajstić information content (AvgIpc) is 2.95. The first-order valence-corrected chi connectivity index (χ1v) is 9.31. The van der Waals surface area contributed by atoms with E-state index in [9.17, 15) is 13.5 Å². The molecule has 1 aromatic rings. The normalized spacial score (nSPS) is 23.2. The zero-order valence-corrected chi connectivity index (χ0v) is 13.1. The smallest absolute Gasteiger partial charge is 0.243 e. The molecule has 2 aliphatic rings. The lowest BCUT2D eigenvalue weighted by Crippen LogP contribution is -2.44. The zero-order chi connectivity index (χ0) is 14.9. The van der Waals surface area contributed by atoms with Crippen LogP contribution in [0, 0.1) is 0 Å². The van der Waals surface area contributed by atoms with Gasteiger partial charge in [-0.15, -0.1) is 0 Å². The van der Waals surface area contributed by atoms with Crippen LogP contribution in [0.3, 0.4) is 0 Å². The number of benzene rings is 1. The minimum atomic E-state index is -3.43. The number of aryl methyl sites for hydroxylation is 2. The van der Waals surface area contributed by atoms with E-state index in [1.165, 1.54) is 11.1 Å². The molecule has 116 valence electrons. The van der Waals surface area contributed by atoms with Gasteiger partial charge in [0.15, 0.2) is 0 Å². The number of fused-ring (bicyclic) bond motifs is 1. The maximum absolute atomic E-state index is 12.9. The number of nitrogens with zero attached hydrogens (tertiary/aromatic N) is 1. The summed E-state index contributed by atoms with van der Waals surface area (Å²) in [7, 11) is -3.43. The lowest BCUT2D eigenvalue weighted by atomic mass is 10.0. The van der Waals surface area contributed by atoms with Crippen LogP contribution in [0.2, 0.25) is 0 Å². The number of aliphatic hydroxyl groups is 1. The van der Waals surface area contributed by atoms with Gasteiger partial charge in [0.05, 0.1) is 4.90 Å². The molecule has 1 fully saturated rings. The van der Waals surface area contributed by atoms with Crippen LogP contribution in [0.4, 0.5) is 0 Å². The molecule has 1 aliphatic carbocycles. The second-order valence-corrected chi connectivity index (χ2v) is 7.95. The summed E-state index contributed by atoms with van der Waals surface area (Å²) in [4.78, 5) is 0.424. The van der Waals surface area contributed by atoms with E-state index in [-0.39, 0.29) is 12.6 Å². The standard InChI is InChI=1S/C16H23NO3S/c18-11-9-15-6-1-2-10-17(15)21(19,20)16-8-7-13-4-3-5-14(13)12-16/h7-8,12,15,18H,1-6,9-11H2. The Bertz CT molecular complexity index is 610. The van der Waals surface area contributed by atoms with Gasteiger partial charge in [-0.3, -0.25) is 0 Å². The molecule has 1 aliphatic heterocycles. The van der Waals surface area contributed by atoms with Crippen LogP contribution in [0.5, 0.6) is 0 Å². The number of rotatable bonds is 4. The molecule has 4 nitrogen and oxygen atoms in total. The third-order valence-corrected chi connectivity index (χ3v) is 6.66. The molecular formula is C16H23NO3S. The second kappa shape index (κ2) is 6.07. The first kappa shape index (κ1) is 15.0. The van der Waals surface area contributed by atoms with E-state index in [0.717, 1.165) is 38.5 Å². The third kappa shape index (κ3) is 2.87. The van der Waals surface area contributed by atoms with Gasteiger partial charge in [0.1, 0.15) is 0 Å². The van der Waals surface area contributed by atoms with Gasteiger partial charge in [-0.25, -0.2) is 8.42 Å². The van der Waals surface area contributed by atoms with Crippen molar-refractivity contribution >= 4 is 10.0 Å². The van der Waals surface area contributed by atoms with Gasteiger partial charge in [-0.05, 0) is 61.8 Å². The predicted molar refractivity (Wildman–Crippen MR) is 81.7 cm³/mol. The molecule has 5 heteroatoms. The van der Waals surface area contributed by atoms with E-state index in [2.05, 4.69) is 0 Å². The third-order valence-electron chi connectivity index (χ3n) is 4.71. The largest absolute Gasteiger partial charge is 0.396 e. The summed E-state index contributed by atoms with van der Waals surface area (Å²) in [5, 5.41) is 9.18. The molecule has 0 bridgehead atoms. The van der Waals surface area contributed by atoms with E-state index >= 15 is 0 Å². The summed E-state index contributed by atoms with van der Waals surface area (Å²) >= 11 is 0. The lowest BCUT2D eigenvalue weighted by molar-refractivity contribution is 0.192. The Balaban J connectivity index is 1.91. The van der Waals surface area contributed by atoms with Crippen molar-refractivity contribution in [3.8, 4) is 0 Å². The van der Waals surface area contributed by atoms with Crippen LogP contribution >= 0.6 is 0 Å². The quantitative estimate of drug-likeness (QED) is 0.926. The highest BCUT2D eigenvalue weighted by molar-refractivity contribution is 7.89. The monoisotopic (exact) mass is 309 g/mol. The van der Waals surface area contributed by atoms with Gasteiger partial charge in [0.2, 0.25) is 10.0 Å². The van der Waals surface area contributed by atoms with Crippen molar-refractivity contribution in [2.24, 2.45) is 0 Å². The lowest BCUT2D eigenvalue weighted by Gasteiger charge is -2.34. The minimum Gasteiger partial charge on any atom is -0.396 e. The minimum absolute atomic E-state index is 0.0425. The first-order valence-electron chi connectivity index (χ1n) is 7.87. The molecule has 1 atom stereocenters. The Hall–Kier alpha value is -0.910. The number of hydrogen-bond acceptors (Lipinski definition) is 3. The molecule has 0 spiro atoms. The molecule has 1 aromatic carbocycles. The van der Waals surface area contributed by atoms with Gasteiger partial charge in [-0.1, -0.05) is 12.5 Å². The Kier molecular flexibility index (Phi) is 4.33. The fourth-order valence-corrected chi connectivity index (χ4v) is 5.35. The van der Waals surface area contributed by atoms with E-state index in [1.807, 2.05) is 12.1 Å². The van der Waals surface area contributed by atoms with Crippen molar-refractivity contribution in [1.82, 2.24) is 4.31 Å². The molecule has 1 saturated heterocycles. The summed E-state index contributed by atoms with van der Waals surface area (Å²) in [6.45, 7) is 0.616. The number of sulfonamides is 1. The number of aliphatic hydroxyl groups excluding tert-OH is 1. The molecule has 0 aromatic heterocycles. The van der Waals surface area contributed by atoms with E-state index in [1.54, 1.807) is 10.4 Å². The maximum atomic E-state index is 12.9. The van der Waals surface area contributed by atoms with E-state index < -0.39 is 10.0 Å². The predicted octanol–water partition coefficient (Wildman–Crippen LogP) is 2.10. The number of piperidine rings is 1. The van der Waals surface area contributed by atoms with Crippen molar-refractivity contribution in [2.45, 2.75) is 55.9 Å². The fraction of sp³-hybridized carbons (Fsp3) is 0.625. The van der Waals surface area contributed by atoms with Crippen molar-refractivity contribution < 1.29 is 13.5 Å². The van der Waals surface area contributed by atoms with Gasteiger partial charge in [0.25, 0.3) is 0 Å². The Morgan fingerprint density at radius 3 is 2.76 bits per heavy atom.